The van der Waals surface area contributed by atoms with Gasteiger partial charge in [0.05, 0.1) is 7.11 Å². The van der Waals surface area contributed by atoms with Gasteiger partial charge in [0.1, 0.15) is 30.8 Å². The summed E-state index contributed by atoms with van der Waals surface area (Å²) >= 11 is 0. The molecule has 0 fully saturated rings. The molecule has 1 aromatic heterocycles. The Hall–Kier alpha value is -3.81. The van der Waals surface area contributed by atoms with Crippen LogP contribution < -0.4 is 19.5 Å². The molecule has 0 saturated heterocycles. The van der Waals surface area contributed by atoms with Crippen molar-refractivity contribution in [2.24, 2.45) is 7.05 Å². The van der Waals surface area contributed by atoms with E-state index in [9.17, 15) is 9.59 Å². The number of hydrogen-bond donors (Lipinski definition) is 1. The van der Waals surface area contributed by atoms with Crippen LogP contribution in [0.25, 0.3) is 0 Å². The molecule has 0 radical (unpaired) electrons. The topological polar surface area (TPSA) is 91.7 Å². The van der Waals surface area contributed by atoms with Gasteiger partial charge in [-0.2, -0.15) is 0 Å². The van der Waals surface area contributed by atoms with Crippen LogP contribution in [0.15, 0.2) is 54.9 Å². The smallest absolute Gasteiger partial charge is 0.221 e. The molecule has 0 spiro atoms. The Morgan fingerprint density at radius 3 is 2.53 bits per heavy atom. The lowest BCUT2D eigenvalue weighted by Crippen LogP contribution is -2.31. The van der Waals surface area contributed by atoms with Crippen molar-refractivity contribution in [2.75, 3.05) is 20.3 Å². The minimum absolute atomic E-state index is 0.0599. The molecule has 8 nitrogen and oxygen atoms in total. The van der Waals surface area contributed by atoms with Crippen LogP contribution in [0, 0.1) is 0 Å². The van der Waals surface area contributed by atoms with Crippen molar-refractivity contribution in [2.45, 2.75) is 18.9 Å². The molecule has 0 unspecified atom stereocenters. The van der Waals surface area contributed by atoms with Crippen LogP contribution in [-0.4, -0.2) is 41.6 Å². The quantitative estimate of drug-likeness (QED) is 0.547. The maximum atomic E-state index is 12.8. The number of Topliss-reactive ketones (excluding diaryl/α,β-unsaturated/α-hetero) is 1. The number of amides is 1. The second-order valence-electron chi connectivity index (χ2n) is 7.45. The lowest BCUT2D eigenvalue weighted by molar-refractivity contribution is -0.121. The number of carbonyl (C=O) groups excluding carboxylic acids is 2. The van der Waals surface area contributed by atoms with E-state index >= 15 is 0 Å². The third-order valence-corrected chi connectivity index (χ3v) is 5.31. The van der Waals surface area contributed by atoms with Crippen molar-refractivity contribution in [1.82, 2.24) is 14.9 Å². The monoisotopic (exact) mass is 435 g/mol. The van der Waals surface area contributed by atoms with Gasteiger partial charge in [0.25, 0.3) is 0 Å². The summed E-state index contributed by atoms with van der Waals surface area (Å²) in [6.45, 7) is 0.943. The van der Waals surface area contributed by atoms with Gasteiger partial charge in [0, 0.05) is 37.8 Å². The molecule has 32 heavy (non-hydrogen) atoms. The Morgan fingerprint density at radius 2 is 1.84 bits per heavy atom. The first-order valence-electron chi connectivity index (χ1n) is 10.4. The summed E-state index contributed by atoms with van der Waals surface area (Å²) in [6.07, 6.45) is 3.65. The number of aryl methyl sites for hydroxylation is 1. The third-order valence-electron chi connectivity index (χ3n) is 5.31. The van der Waals surface area contributed by atoms with E-state index in [0.717, 1.165) is 11.3 Å². The number of ketones is 1. The zero-order valence-electron chi connectivity index (χ0n) is 18.0. The number of benzene rings is 2. The molecular formula is C24H25N3O5. The zero-order chi connectivity index (χ0) is 22.5. The highest BCUT2D eigenvalue weighted by molar-refractivity contribution is 5.98. The summed E-state index contributed by atoms with van der Waals surface area (Å²) in [5, 5.41) is 3.01. The molecular weight excluding hydrogens is 410 g/mol. The second kappa shape index (κ2) is 9.55. The molecule has 0 saturated carbocycles. The lowest BCUT2D eigenvalue weighted by Gasteiger charge is -2.20. The molecule has 2 aromatic carbocycles. The van der Waals surface area contributed by atoms with E-state index in [-0.39, 0.29) is 24.5 Å². The van der Waals surface area contributed by atoms with Crippen LogP contribution in [0.2, 0.25) is 0 Å². The second-order valence-corrected chi connectivity index (χ2v) is 7.45. The van der Waals surface area contributed by atoms with Gasteiger partial charge in [0.2, 0.25) is 5.91 Å². The van der Waals surface area contributed by atoms with Crippen LogP contribution >= 0.6 is 0 Å². The Bertz CT molecular complexity index is 1110. The number of aromatic nitrogens is 2. The first-order chi connectivity index (χ1) is 15.5. The molecule has 1 amide bonds. The molecule has 1 aliphatic rings. The fourth-order valence-corrected chi connectivity index (χ4v) is 3.57. The van der Waals surface area contributed by atoms with Crippen LogP contribution in [0.3, 0.4) is 0 Å². The van der Waals surface area contributed by atoms with Crippen LogP contribution in [-0.2, 0) is 11.8 Å². The number of nitrogens with one attached hydrogen (secondary N) is 1. The van der Waals surface area contributed by atoms with Gasteiger partial charge in [0.15, 0.2) is 17.3 Å². The first-order valence-corrected chi connectivity index (χ1v) is 10.4. The van der Waals surface area contributed by atoms with Crippen molar-refractivity contribution in [3.63, 3.8) is 0 Å². The summed E-state index contributed by atoms with van der Waals surface area (Å²) in [4.78, 5) is 29.8. The van der Waals surface area contributed by atoms with Gasteiger partial charge in [-0.3, -0.25) is 9.59 Å². The van der Waals surface area contributed by atoms with E-state index in [2.05, 4.69) is 10.3 Å². The third kappa shape index (κ3) is 4.74. The predicted octanol–water partition coefficient (Wildman–Crippen LogP) is 3.07. The van der Waals surface area contributed by atoms with Gasteiger partial charge in [-0.1, -0.05) is 12.1 Å². The highest BCUT2D eigenvalue weighted by atomic mass is 16.6. The number of fused-ring (bicyclic) bond motifs is 1. The minimum Gasteiger partial charge on any atom is -0.497 e. The van der Waals surface area contributed by atoms with Gasteiger partial charge in [-0.25, -0.2) is 4.98 Å². The van der Waals surface area contributed by atoms with Crippen molar-refractivity contribution in [3.05, 3.63) is 71.8 Å². The number of ether oxygens (including phenoxy) is 3. The first kappa shape index (κ1) is 21.4. The van der Waals surface area contributed by atoms with E-state index in [1.54, 1.807) is 31.5 Å². The van der Waals surface area contributed by atoms with E-state index in [0.29, 0.717) is 36.1 Å². The zero-order valence-corrected chi connectivity index (χ0v) is 18.0. The molecule has 0 bridgehead atoms. The van der Waals surface area contributed by atoms with Crippen molar-refractivity contribution >= 4 is 11.7 Å². The maximum absolute atomic E-state index is 12.8. The van der Waals surface area contributed by atoms with Gasteiger partial charge in [-0.15, -0.1) is 0 Å². The van der Waals surface area contributed by atoms with E-state index < -0.39 is 6.04 Å². The summed E-state index contributed by atoms with van der Waals surface area (Å²) in [6, 6.07) is 12.1. The number of nitrogens with zero attached hydrogens (tertiary/aromatic N) is 2. The molecule has 166 valence electrons. The van der Waals surface area contributed by atoms with E-state index in [1.807, 2.05) is 42.1 Å². The van der Waals surface area contributed by atoms with Gasteiger partial charge < -0.3 is 24.1 Å². The Labute approximate surface area is 186 Å². The molecule has 3 aromatic rings. The highest BCUT2D eigenvalue weighted by Gasteiger charge is 2.22. The summed E-state index contributed by atoms with van der Waals surface area (Å²) < 4.78 is 18.1. The summed E-state index contributed by atoms with van der Waals surface area (Å²) in [5.41, 5.74) is 1.37. The average Bonchev–Trinajstić information content (AvgIpc) is 3.26. The number of hydrogen-bond acceptors (Lipinski definition) is 6. The summed E-state index contributed by atoms with van der Waals surface area (Å²) in [5.74, 6) is 2.24. The Balaban J connectivity index is 1.43. The van der Waals surface area contributed by atoms with E-state index in [1.165, 1.54) is 0 Å². The molecule has 8 heteroatoms. The molecule has 1 aliphatic heterocycles. The average molecular weight is 435 g/mol. The van der Waals surface area contributed by atoms with Crippen molar-refractivity contribution in [1.29, 1.82) is 0 Å². The molecule has 0 aliphatic carbocycles. The molecule has 2 heterocycles. The van der Waals surface area contributed by atoms with E-state index in [4.69, 9.17) is 14.2 Å². The Morgan fingerprint density at radius 1 is 1.09 bits per heavy atom. The van der Waals surface area contributed by atoms with Crippen LogP contribution in [0.1, 0.15) is 40.6 Å². The van der Waals surface area contributed by atoms with Crippen molar-refractivity contribution in [3.8, 4) is 17.2 Å². The standard InChI is InChI=1S/C24H25N3O5/c1-27-12-11-25-24(27)23(16-3-6-18(30-2)7-4-16)26-22(29)10-8-19(28)17-5-9-20-21(15-17)32-14-13-31-20/h3-7,9,11-12,15,23H,8,10,13-14H2,1-2H3,(H,26,29)/t23-/m1/s1. The number of rotatable bonds is 8. The van der Waals surface area contributed by atoms with Crippen LogP contribution in [0.4, 0.5) is 0 Å². The van der Waals surface area contributed by atoms with Gasteiger partial charge in [-0.05, 0) is 35.9 Å². The SMILES string of the molecule is COc1ccc([C@@H](NC(=O)CCC(=O)c2ccc3c(c2)OCCO3)c2nccn2C)cc1. The van der Waals surface area contributed by atoms with Crippen LogP contribution in [0.5, 0.6) is 17.2 Å². The fraction of sp³-hybridized carbons (Fsp3) is 0.292. The highest BCUT2D eigenvalue weighted by Crippen LogP contribution is 2.31. The number of methoxy groups -OCH3 is 1. The lowest BCUT2D eigenvalue weighted by atomic mass is 10.0. The number of imidazole rings is 1. The minimum atomic E-state index is -0.446. The Kier molecular flexibility index (Phi) is 6.39. The normalized spacial score (nSPS) is 13.3. The predicted molar refractivity (Wildman–Crippen MR) is 117 cm³/mol. The van der Waals surface area contributed by atoms with Crippen molar-refractivity contribution < 1.29 is 23.8 Å². The molecule has 4 rings (SSSR count). The maximum Gasteiger partial charge on any atom is 0.221 e. The number of carbonyl (C=O) groups is 2. The summed E-state index contributed by atoms with van der Waals surface area (Å²) in [7, 11) is 3.47. The molecule has 1 atom stereocenters. The largest absolute Gasteiger partial charge is 0.497 e. The molecule has 1 N–H and O–H groups in total. The fourth-order valence-electron chi connectivity index (χ4n) is 3.57. The van der Waals surface area contributed by atoms with Gasteiger partial charge >= 0.3 is 0 Å².